The normalized spacial score (nSPS) is 11.1. The lowest BCUT2D eigenvalue weighted by Crippen LogP contribution is -2.05. The first-order chi connectivity index (χ1) is 9.36. The number of rotatable bonds is 6. The minimum atomic E-state index is -1.13. The Hall–Kier alpha value is -2.10. The first-order valence-corrected chi connectivity index (χ1v) is 6.59. The summed E-state index contributed by atoms with van der Waals surface area (Å²) in [6, 6.07) is 3.63. The molecule has 0 saturated carbocycles. The van der Waals surface area contributed by atoms with Crippen molar-refractivity contribution in [3.05, 3.63) is 41.0 Å². The summed E-state index contributed by atoms with van der Waals surface area (Å²) in [7, 11) is 0. The fourth-order valence-corrected chi connectivity index (χ4v) is 1.93. The second-order valence-corrected chi connectivity index (χ2v) is 4.83. The van der Waals surface area contributed by atoms with Crippen molar-refractivity contribution in [1.29, 1.82) is 0 Å². The van der Waals surface area contributed by atoms with Crippen molar-refractivity contribution in [3.8, 4) is 5.75 Å². The van der Waals surface area contributed by atoms with Gasteiger partial charge in [-0.15, -0.1) is 0 Å². The van der Waals surface area contributed by atoms with Gasteiger partial charge in [-0.1, -0.05) is 13.8 Å². The molecule has 0 aromatic heterocycles. The average molecular weight is 276 g/mol. The number of carbonyl (C=O) groups is 2. The summed E-state index contributed by atoms with van der Waals surface area (Å²) in [5.74, 6) is -0.452. The van der Waals surface area contributed by atoms with Crippen molar-refractivity contribution in [2.75, 3.05) is 6.61 Å². The van der Waals surface area contributed by atoms with Crippen molar-refractivity contribution < 1.29 is 19.4 Å². The zero-order chi connectivity index (χ0) is 15.3. The van der Waals surface area contributed by atoms with Gasteiger partial charge in [-0.25, -0.2) is 4.79 Å². The Morgan fingerprint density at radius 3 is 2.45 bits per heavy atom. The number of allylic oxidation sites excluding steroid dienone is 1. The lowest BCUT2D eigenvalue weighted by Gasteiger charge is -2.16. The van der Waals surface area contributed by atoms with Gasteiger partial charge in [0.2, 0.25) is 0 Å². The van der Waals surface area contributed by atoms with Crippen LogP contribution in [0, 0.1) is 6.92 Å². The second-order valence-electron chi connectivity index (χ2n) is 4.83. The monoisotopic (exact) mass is 276 g/mol. The molecule has 0 fully saturated rings. The van der Waals surface area contributed by atoms with Gasteiger partial charge in [-0.2, -0.15) is 0 Å². The summed E-state index contributed by atoms with van der Waals surface area (Å²) in [6.07, 6.45) is 1.93. The molecule has 1 rings (SSSR count). The molecular formula is C16H20O4. The van der Waals surface area contributed by atoms with Crippen LogP contribution < -0.4 is 4.74 Å². The summed E-state index contributed by atoms with van der Waals surface area (Å²) in [5, 5.41) is 8.58. The van der Waals surface area contributed by atoms with Crippen molar-refractivity contribution >= 4 is 11.8 Å². The third kappa shape index (κ3) is 3.95. The Morgan fingerprint density at radius 2 is 1.95 bits per heavy atom. The van der Waals surface area contributed by atoms with Crippen molar-refractivity contribution in [3.63, 3.8) is 0 Å². The topological polar surface area (TPSA) is 63.6 Å². The van der Waals surface area contributed by atoms with Crippen molar-refractivity contribution in [1.82, 2.24) is 0 Å². The molecule has 0 radical (unpaired) electrons. The van der Waals surface area contributed by atoms with E-state index in [9.17, 15) is 9.59 Å². The molecule has 0 unspecified atom stereocenters. The number of carbonyl (C=O) groups excluding carboxylic acids is 1. The highest BCUT2D eigenvalue weighted by molar-refractivity contribution is 6.08. The molecule has 0 amide bonds. The van der Waals surface area contributed by atoms with E-state index in [1.807, 2.05) is 33.8 Å². The number of ether oxygens (including phenoxy) is 1. The molecule has 108 valence electrons. The fraction of sp³-hybridized carbons (Fsp3) is 0.375. The Balaban J connectivity index is 3.24. The molecule has 0 bridgehead atoms. The van der Waals surface area contributed by atoms with E-state index in [0.717, 1.165) is 29.0 Å². The average Bonchev–Trinajstić information content (AvgIpc) is 2.36. The molecule has 0 saturated heterocycles. The Labute approximate surface area is 119 Å². The summed E-state index contributed by atoms with van der Waals surface area (Å²) in [5.41, 5.74) is 2.23. The number of benzene rings is 1. The quantitative estimate of drug-likeness (QED) is 0.639. The summed E-state index contributed by atoms with van der Waals surface area (Å²) in [6.45, 7) is 8.33. The Kier molecular flexibility index (Phi) is 5.50. The molecule has 0 heterocycles. The Bertz CT molecular complexity index is 542. The third-order valence-corrected chi connectivity index (χ3v) is 2.92. The highest BCUT2D eigenvalue weighted by Crippen LogP contribution is 2.30. The molecule has 1 aromatic carbocycles. The number of ketones is 1. The molecule has 1 N–H and O–H groups in total. The number of aliphatic carboxylic acids is 1. The summed E-state index contributed by atoms with van der Waals surface area (Å²) < 4.78 is 5.59. The van der Waals surface area contributed by atoms with E-state index in [2.05, 4.69) is 0 Å². The smallest absolute Gasteiger partial charge is 0.328 e. The van der Waals surface area contributed by atoms with Gasteiger partial charge in [-0.05, 0) is 49.1 Å². The first-order valence-electron chi connectivity index (χ1n) is 6.59. The molecule has 0 aliphatic heterocycles. The van der Waals surface area contributed by atoms with Crippen LogP contribution >= 0.6 is 0 Å². The molecule has 0 aliphatic carbocycles. The van der Waals surface area contributed by atoms with Crippen LogP contribution in [-0.2, 0) is 4.79 Å². The SMILES string of the molecule is CCOc1cc(C)c(C(=O)/C=C/C(=O)O)cc1C(C)C. The van der Waals surface area contributed by atoms with E-state index in [4.69, 9.17) is 9.84 Å². The second kappa shape index (κ2) is 6.89. The van der Waals surface area contributed by atoms with E-state index >= 15 is 0 Å². The van der Waals surface area contributed by atoms with Gasteiger partial charge in [0, 0.05) is 11.6 Å². The van der Waals surface area contributed by atoms with E-state index in [1.165, 1.54) is 0 Å². The minimum absolute atomic E-state index is 0.215. The number of carboxylic acid groups (broad SMARTS) is 1. The predicted molar refractivity (Wildman–Crippen MR) is 77.5 cm³/mol. The lowest BCUT2D eigenvalue weighted by atomic mass is 9.94. The van der Waals surface area contributed by atoms with Gasteiger partial charge in [0.05, 0.1) is 6.61 Å². The molecule has 0 aliphatic rings. The number of hydrogen-bond acceptors (Lipinski definition) is 3. The standard InChI is InChI=1S/C16H20O4/c1-5-20-15-8-11(4)13(9-12(15)10(2)3)14(17)6-7-16(18)19/h6-10H,5H2,1-4H3,(H,18,19)/b7-6+. The van der Waals surface area contributed by atoms with Gasteiger partial charge in [0.1, 0.15) is 5.75 Å². The molecule has 4 nitrogen and oxygen atoms in total. The van der Waals surface area contributed by atoms with Gasteiger partial charge in [-0.3, -0.25) is 4.79 Å². The van der Waals surface area contributed by atoms with Crippen LogP contribution in [0.25, 0.3) is 0 Å². The van der Waals surface area contributed by atoms with Crippen LogP contribution in [0.3, 0.4) is 0 Å². The van der Waals surface area contributed by atoms with Crippen LogP contribution in [-0.4, -0.2) is 23.5 Å². The highest BCUT2D eigenvalue weighted by atomic mass is 16.5. The van der Waals surface area contributed by atoms with E-state index in [0.29, 0.717) is 12.2 Å². The van der Waals surface area contributed by atoms with E-state index in [-0.39, 0.29) is 11.7 Å². The largest absolute Gasteiger partial charge is 0.494 e. The van der Waals surface area contributed by atoms with Gasteiger partial charge < -0.3 is 9.84 Å². The van der Waals surface area contributed by atoms with Crippen LogP contribution in [0.4, 0.5) is 0 Å². The molecular weight excluding hydrogens is 256 g/mol. The maximum absolute atomic E-state index is 12.0. The number of aryl methyl sites for hydroxylation is 1. The summed E-state index contributed by atoms with van der Waals surface area (Å²) in [4.78, 5) is 22.5. The van der Waals surface area contributed by atoms with Crippen LogP contribution in [0.5, 0.6) is 5.75 Å². The maximum atomic E-state index is 12.0. The lowest BCUT2D eigenvalue weighted by molar-refractivity contribution is -0.131. The van der Waals surface area contributed by atoms with Gasteiger partial charge in [0.25, 0.3) is 0 Å². The molecule has 1 aromatic rings. The molecule has 20 heavy (non-hydrogen) atoms. The molecule has 0 atom stereocenters. The summed E-state index contributed by atoms with van der Waals surface area (Å²) >= 11 is 0. The third-order valence-electron chi connectivity index (χ3n) is 2.92. The Morgan fingerprint density at radius 1 is 1.30 bits per heavy atom. The zero-order valence-electron chi connectivity index (χ0n) is 12.3. The first kappa shape index (κ1) is 16.0. The number of hydrogen-bond donors (Lipinski definition) is 1. The van der Waals surface area contributed by atoms with Gasteiger partial charge in [0.15, 0.2) is 5.78 Å². The highest BCUT2D eigenvalue weighted by Gasteiger charge is 2.14. The van der Waals surface area contributed by atoms with Crippen LogP contribution in [0.2, 0.25) is 0 Å². The van der Waals surface area contributed by atoms with Gasteiger partial charge >= 0.3 is 5.97 Å². The van der Waals surface area contributed by atoms with E-state index in [1.54, 1.807) is 6.07 Å². The fourth-order valence-electron chi connectivity index (χ4n) is 1.93. The van der Waals surface area contributed by atoms with E-state index < -0.39 is 5.97 Å². The predicted octanol–water partition coefficient (Wildman–Crippen LogP) is 3.34. The van der Waals surface area contributed by atoms with Crippen LogP contribution in [0.1, 0.15) is 48.2 Å². The number of carboxylic acids is 1. The molecule has 4 heteroatoms. The van der Waals surface area contributed by atoms with Crippen molar-refractivity contribution in [2.24, 2.45) is 0 Å². The van der Waals surface area contributed by atoms with Crippen molar-refractivity contribution in [2.45, 2.75) is 33.6 Å². The van der Waals surface area contributed by atoms with Crippen LogP contribution in [0.15, 0.2) is 24.3 Å². The minimum Gasteiger partial charge on any atom is -0.494 e. The molecule has 0 spiro atoms. The maximum Gasteiger partial charge on any atom is 0.328 e. The zero-order valence-corrected chi connectivity index (χ0v) is 12.3.